The first-order chi connectivity index (χ1) is 12.9. The standard InChI is InChI=1S/C19H16N2O4S2/c1-11-17(27-18(20-11)14-7-8-26-10-14)19(24)25-9-16(23)13-3-5-15(6-4-13)21-12(2)22/h3-8,10H,9H2,1-2H3,(H,21,22). The molecule has 27 heavy (non-hydrogen) atoms. The Hall–Kier alpha value is -2.84. The second-order valence-corrected chi connectivity index (χ2v) is 7.48. The number of rotatable bonds is 6. The summed E-state index contributed by atoms with van der Waals surface area (Å²) < 4.78 is 5.17. The van der Waals surface area contributed by atoms with Crippen molar-refractivity contribution < 1.29 is 19.1 Å². The Morgan fingerprint density at radius 1 is 1.15 bits per heavy atom. The van der Waals surface area contributed by atoms with E-state index in [1.165, 1.54) is 18.3 Å². The quantitative estimate of drug-likeness (QED) is 0.496. The predicted octanol–water partition coefficient (Wildman–Crippen LogP) is 4.18. The zero-order valence-electron chi connectivity index (χ0n) is 14.6. The fourth-order valence-electron chi connectivity index (χ4n) is 2.32. The van der Waals surface area contributed by atoms with Crippen LogP contribution < -0.4 is 5.32 Å². The van der Waals surface area contributed by atoms with Crippen LogP contribution >= 0.6 is 22.7 Å². The number of aromatic nitrogens is 1. The average Bonchev–Trinajstić information content (AvgIpc) is 3.29. The molecule has 0 fully saturated rings. The zero-order valence-corrected chi connectivity index (χ0v) is 16.3. The lowest BCUT2D eigenvalue weighted by Crippen LogP contribution is -2.14. The van der Waals surface area contributed by atoms with Gasteiger partial charge in [-0.1, -0.05) is 0 Å². The molecule has 138 valence electrons. The fourth-order valence-corrected chi connectivity index (χ4v) is 3.99. The van der Waals surface area contributed by atoms with Crippen LogP contribution in [-0.4, -0.2) is 29.3 Å². The molecule has 0 saturated carbocycles. The van der Waals surface area contributed by atoms with Gasteiger partial charge in [0.1, 0.15) is 9.88 Å². The van der Waals surface area contributed by atoms with Gasteiger partial charge in [-0.3, -0.25) is 9.59 Å². The van der Waals surface area contributed by atoms with Crippen LogP contribution in [-0.2, 0) is 9.53 Å². The minimum atomic E-state index is -0.560. The number of benzene rings is 1. The summed E-state index contributed by atoms with van der Waals surface area (Å²) in [7, 11) is 0. The van der Waals surface area contributed by atoms with Crippen molar-refractivity contribution in [2.24, 2.45) is 0 Å². The number of ether oxygens (including phenoxy) is 1. The molecule has 6 nitrogen and oxygen atoms in total. The fraction of sp³-hybridized carbons (Fsp3) is 0.158. The summed E-state index contributed by atoms with van der Waals surface area (Å²) in [4.78, 5) is 40.3. The van der Waals surface area contributed by atoms with Crippen LogP contribution in [0.15, 0.2) is 41.1 Å². The molecule has 3 aromatic rings. The van der Waals surface area contributed by atoms with Crippen LogP contribution in [0.25, 0.3) is 10.6 Å². The molecule has 2 heterocycles. The molecular formula is C19H16N2O4S2. The highest BCUT2D eigenvalue weighted by atomic mass is 32.1. The molecule has 0 bridgehead atoms. The van der Waals surface area contributed by atoms with Gasteiger partial charge < -0.3 is 10.1 Å². The van der Waals surface area contributed by atoms with E-state index in [0.29, 0.717) is 21.8 Å². The molecule has 1 aromatic carbocycles. The number of amides is 1. The van der Waals surface area contributed by atoms with Crippen LogP contribution in [0.2, 0.25) is 0 Å². The highest BCUT2D eigenvalue weighted by Gasteiger charge is 2.19. The van der Waals surface area contributed by atoms with Gasteiger partial charge in [-0.05, 0) is 42.6 Å². The number of hydrogen-bond donors (Lipinski definition) is 1. The van der Waals surface area contributed by atoms with Gasteiger partial charge in [0.2, 0.25) is 5.91 Å². The largest absolute Gasteiger partial charge is 0.453 e. The monoisotopic (exact) mass is 400 g/mol. The molecule has 0 saturated heterocycles. The molecular weight excluding hydrogens is 384 g/mol. The summed E-state index contributed by atoms with van der Waals surface area (Å²) in [5.41, 5.74) is 2.54. The van der Waals surface area contributed by atoms with Crippen LogP contribution in [0, 0.1) is 6.92 Å². The number of carbonyl (C=O) groups is 3. The maximum Gasteiger partial charge on any atom is 0.350 e. The molecule has 0 aliphatic heterocycles. The number of nitrogens with one attached hydrogen (secondary N) is 1. The Morgan fingerprint density at radius 3 is 2.52 bits per heavy atom. The molecule has 0 aliphatic rings. The summed E-state index contributed by atoms with van der Waals surface area (Å²) in [6.07, 6.45) is 0. The number of ketones is 1. The summed E-state index contributed by atoms with van der Waals surface area (Å²) in [6.45, 7) is 2.79. The minimum Gasteiger partial charge on any atom is -0.453 e. The maximum atomic E-state index is 12.3. The van der Waals surface area contributed by atoms with Crippen molar-refractivity contribution in [1.82, 2.24) is 4.98 Å². The van der Waals surface area contributed by atoms with Crippen molar-refractivity contribution >= 4 is 46.0 Å². The van der Waals surface area contributed by atoms with E-state index in [4.69, 9.17) is 4.74 Å². The van der Waals surface area contributed by atoms with Crippen LogP contribution in [0.5, 0.6) is 0 Å². The SMILES string of the molecule is CC(=O)Nc1ccc(C(=O)COC(=O)c2sc(-c3ccsc3)nc2C)cc1. The van der Waals surface area contributed by atoms with Gasteiger partial charge in [0.15, 0.2) is 12.4 Å². The van der Waals surface area contributed by atoms with E-state index in [0.717, 1.165) is 10.6 Å². The molecule has 0 unspecified atom stereocenters. The first-order valence-electron chi connectivity index (χ1n) is 8.02. The number of carbonyl (C=O) groups excluding carboxylic acids is 3. The number of thiophene rings is 1. The second kappa shape index (κ2) is 8.24. The summed E-state index contributed by atoms with van der Waals surface area (Å²) >= 11 is 2.81. The van der Waals surface area contributed by atoms with Gasteiger partial charge in [-0.2, -0.15) is 11.3 Å². The van der Waals surface area contributed by atoms with Gasteiger partial charge in [0, 0.05) is 29.1 Å². The molecule has 0 aliphatic carbocycles. The normalized spacial score (nSPS) is 10.4. The number of nitrogens with zero attached hydrogens (tertiary/aromatic N) is 1. The van der Waals surface area contributed by atoms with Crippen LogP contribution in [0.3, 0.4) is 0 Å². The zero-order chi connectivity index (χ0) is 19.4. The third-order valence-electron chi connectivity index (χ3n) is 3.61. The van der Waals surface area contributed by atoms with E-state index in [1.54, 1.807) is 42.5 Å². The third-order valence-corrected chi connectivity index (χ3v) is 5.48. The molecule has 1 N–H and O–H groups in total. The molecule has 0 atom stereocenters. The Balaban J connectivity index is 1.62. The van der Waals surface area contributed by atoms with Gasteiger partial charge >= 0.3 is 5.97 Å². The topological polar surface area (TPSA) is 85.4 Å². The van der Waals surface area contributed by atoms with E-state index in [9.17, 15) is 14.4 Å². The number of thiazole rings is 1. The molecule has 0 spiro atoms. The smallest absolute Gasteiger partial charge is 0.350 e. The van der Waals surface area contributed by atoms with E-state index in [2.05, 4.69) is 10.3 Å². The highest BCUT2D eigenvalue weighted by Crippen LogP contribution is 2.29. The van der Waals surface area contributed by atoms with E-state index < -0.39 is 5.97 Å². The van der Waals surface area contributed by atoms with Crippen LogP contribution in [0.1, 0.15) is 32.6 Å². The van der Waals surface area contributed by atoms with Crippen molar-refractivity contribution in [3.63, 3.8) is 0 Å². The van der Waals surface area contributed by atoms with Crippen LogP contribution in [0.4, 0.5) is 5.69 Å². The van der Waals surface area contributed by atoms with Gasteiger partial charge in [0.05, 0.1) is 5.69 Å². The van der Waals surface area contributed by atoms with Gasteiger partial charge in [0.25, 0.3) is 0 Å². The Labute approximate surface area is 163 Å². The Morgan fingerprint density at radius 2 is 1.89 bits per heavy atom. The maximum absolute atomic E-state index is 12.3. The number of Topliss-reactive ketones (excluding diaryl/α,β-unsaturated/α-hetero) is 1. The van der Waals surface area contributed by atoms with Crippen molar-refractivity contribution in [1.29, 1.82) is 0 Å². The molecule has 8 heteroatoms. The Kier molecular flexibility index (Phi) is 5.78. The minimum absolute atomic E-state index is 0.190. The first kappa shape index (κ1) is 18.9. The number of anilines is 1. The summed E-state index contributed by atoms with van der Waals surface area (Å²) in [5, 5.41) is 7.28. The van der Waals surface area contributed by atoms with Crippen molar-refractivity contribution in [2.75, 3.05) is 11.9 Å². The Bertz CT molecular complexity index is 976. The van der Waals surface area contributed by atoms with Gasteiger partial charge in [-0.25, -0.2) is 9.78 Å². The lowest BCUT2D eigenvalue weighted by Gasteiger charge is -2.05. The predicted molar refractivity (Wildman–Crippen MR) is 106 cm³/mol. The summed E-state index contributed by atoms with van der Waals surface area (Å²) in [6, 6.07) is 8.34. The number of aryl methyl sites for hydroxylation is 1. The van der Waals surface area contributed by atoms with Crippen molar-refractivity contribution in [3.8, 4) is 10.6 Å². The van der Waals surface area contributed by atoms with Crippen molar-refractivity contribution in [2.45, 2.75) is 13.8 Å². The van der Waals surface area contributed by atoms with E-state index in [1.807, 2.05) is 16.8 Å². The lowest BCUT2D eigenvalue weighted by atomic mass is 10.1. The number of hydrogen-bond acceptors (Lipinski definition) is 7. The first-order valence-corrected chi connectivity index (χ1v) is 9.78. The molecule has 2 aromatic heterocycles. The highest BCUT2D eigenvalue weighted by molar-refractivity contribution is 7.17. The van der Waals surface area contributed by atoms with E-state index >= 15 is 0 Å². The second-order valence-electron chi connectivity index (χ2n) is 5.70. The number of esters is 1. The third kappa shape index (κ3) is 4.66. The lowest BCUT2D eigenvalue weighted by molar-refractivity contribution is -0.114. The summed E-state index contributed by atoms with van der Waals surface area (Å²) in [5.74, 6) is -1.07. The van der Waals surface area contributed by atoms with Gasteiger partial charge in [-0.15, -0.1) is 11.3 Å². The molecule has 1 amide bonds. The average molecular weight is 400 g/mol. The molecule has 3 rings (SSSR count). The molecule has 0 radical (unpaired) electrons. The van der Waals surface area contributed by atoms with Crippen molar-refractivity contribution in [3.05, 3.63) is 57.2 Å². The van der Waals surface area contributed by atoms with E-state index in [-0.39, 0.29) is 18.3 Å².